The number of thioether (sulfide) groups is 1. The minimum Gasteiger partial charge on any atom is -0.481 e. The molecule has 0 radical (unpaired) electrons. The van der Waals surface area contributed by atoms with Crippen LogP contribution in [-0.2, 0) is 40.1 Å². The summed E-state index contributed by atoms with van der Waals surface area (Å²) in [5, 5.41) is 26.7. The molecular weight excluding hydrogens is 654 g/mol. The van der Waals surface area contributed by atoms with E-state index in [1.54, 1.807) is 17.0 Å². The SMILES string of the molecule is CC(C)(O/N=C(\C(=O)N[C@@H]1C(=O)N2C(C(=O)O)=C(C[n+]3ccccc3)CS[C@H]12)c1csc(N)n1)C(=O)OC(CC(=O)O)C[N+](C)(C)C. The highest BCUT2D eigenvalue weighted by molar-refractivity contribution is 8.00. The minimum absolute atomic E-state index is 0.0103. The summed E-state index contributed by atoms with van der Waals surface area (Å²) in [6.45, 7) is 3.16. The number of carboxylic acid groups (broad SMARTS) is 2. The van der Waals surface area contributed by atoms with Gasteiger partial charge >= 0.3 is 17.9 Å². The molecule has 2 aliphatic rings. The molecule has 2 aliphatic heterocycles. The van der Waals surface area contributed by atoms with E-state index in [1.165, 1.54) is 31.0 Å². The van der Waals surface area contributed by atoms with E-state index in [4.69, 9.17) is 15.3 Å². The van der Waals surface area contributed by atoms with Crippen molar-refractivity contribution in [1.82, 2.24) is 15.2 Å². The number of pyridine rings is 1. The minimum atomic E-state index is -1.77. The van der Waals surface area contributed by atoms with E-state index in [1.807, 2.05) is 39.3 Å². The second-order valence-corrected chi connectivity index (χ2v) is 14.4. The molecule has 0 saturated carbocycles. The smallest absolute Gasteiger partial charge is 0.353 e. The number of β-lactam (4-membered cyclic amide) rings is 1. The first kappa shape index (κ1) is 35.3. The molecule has 47 heavy (non-hydrogen) atoms. The standard InChI is InChI=1S/C29H35N7O9S2/c1-29(2,27(43)44-17(11-19(37)38)13-36(3,4)5)45-33-20(18-15-47-28(30)31-18)23(39)32-21-24(40)35-22(26(41)42)16(14-46-25(21)35)12-34-9-7-6-8-10-34/h6-10,15,17,21,25H,11-14H2,1-5H3,(H3-2,30,31,32,37,38,39,41,42)/p+2/b33-20-/t17?,21-,25-/m1/s1. The summed E-state index contributed by atoms with van der Waals surface area (Å²) in [6.07, 6.45) is 2.19. The molecule has 2 amide bonds. The van der Waals surface area contributed by atoms with Gasteiger partial charge in [-0.25, -0.2) is 19.1 Å². The normalized spacial score (nSPS) is 19.0. The summed E-state index contributed by atoms with van der Waals surface area (Å²) in [6, 6.07) is 4.37. The first-order chi connectivity index (χ1) is 22.0. The molecule has 0 aliphatic carbocycles. The monoisotopic (exact) mass is 691 g/mol. The summed E-state index contributed by atoms with van der Waals surface area (Å²) in [4.78, 5) is 74.3. The molecule has 1 saturated heterocycles. The van der Waals surface area contributed by atoms with Gasteiger partial charge in [-0.3, -0.25) is 19.3 Å². The molecule has 252 valence electrons. The zero-order valence-electron chi connectivity index (χ0n) is 26.4. The van der Waals surface area contributed by atoms with Crippen molar-refractivity contribution < 1.29 is 52.8 Å². The van der Waals surface area contributed by atoms with Crippen LogP contribution < -0.4 is 15.6 Å². The summed E-state index contributed by atoms with van der Waals surface area (Å²) in [7, 11) is 5.45. The van der Waals surface area contributed by atoms with Gasteiger partial charge in [-0.1, -0.05) is 11.2 Å². The first-order valence-electron chi connectivity index (χ1n) is 14.3. The molecular formula is C29H37N7O9S2+2. The number of aliphatic carboxylic acids is 2. The van der Waals surface area contributed by atoms with E-state index in [9.17, 15) is 34.2 Å². The Kier molecular flexibility index (Phi) is 10.6. The van der Waals surface area contributed by atoms with E-state index in [0.29, 0.717) is 15.8 Å². The van der Waals surface area contributed by atoms with E-state index in [2.05, 4.69) is 15.5 Å². The van der Waals surface area contributed by atoms with Crippen LogP contribution in [0.25, 0.3) is 0 Å². The van der Waals surface area contributed by atoms with Crippen molar-refractivity contribution in [2.75, 3.05) is 39.2 Å². The van der Waals surface area contributed by atoms with Crippen LogP contribution in [0.4, 0.5) is 5.13 Å². The number of hydrogen-bond donors (Lipinski definition) is 4. The third-order valence-corrected chi connectivity index (χ3v) is 8.96. The number of hydrogen-bond acceptors (Lipinski definition) is 12. The summed E-state index contributed by atoms with van der Waals surface area (Å²) >= 11 is 2.33. The van der Waals surface area contributed by atoms with Gasteiger partial charge < -0.3 is 35.3 Å². The fourth-order valence-electron chi connectivity index (χ4n) is 4.81. The first-order valence-corrected chi connectivity index (χ1v) is 16.3. The van der Waals surface area contributed by atoms with Crippen LogP contribution in [0.1, 0.15) is 26.0 Å². The number of nitrogen functional groups attached to an aromatic ring is 1. The number of nitrogens with zero attached hydrogens (tertiary/aromatic N) is 5. The Bertz CT molecular complexity index is 1620. The van der Waals surface area contributed by atoms with Gasteiger partial charge in [0.2, 0.25) is 5.60 Å². The van der Waals surface area contributed by atoms with E-state index >= 15 is 0 Å². The van der Waals surface area contributed by atoms with Crippen LogP contribution in [0, 0.1) is 0 Å². The quantitative estimate of drug-likeness (QED) is 0.0516. The number of likely N-dealkylation sites (N-methyl/N-ethyl adjacent to an activating group) is 1. The molecule has 18 heteroatoms. The van der Waals surface area contributed by atoms with Crippen LogP contribution in [0.3, 0.4) is 0 Å². The number of fused-ring (bicyclic) bond motifs is 1. The van der Waals surface area contributed by atoms with Crippen molar-refractivity contribution in [3.05, 3.63) is 52.9 Å². The van der Waals surface area contributed by atoms with Gasteiger partial charge in [0.15, 0.2) is 35.9 Å². The van der Waals surface area contributed by atoms with Crippen molar-refractivity contribution in [3.63, 3.8) is 0 Å². The van der Waals surface area contributed by atoms with Crippen LogP contribution >= 0.6 is 23.1 Å². The molecule has 2 aromatic rings. The van der Waals surface area contributed by atoms with Gasteiger partial charge in [0.25, 0.3) is 11.8 Å². The molecule has 16 nitrogen and oxygen atoms in total. The Balaban J connectivity index is 1.51. The molecule has 0 aromatic carbocycles. The second kappa shape index (κ2) is 14.1. The fraction of sp³-hybridized carbons (Fsp3) is 0.448. The zero-order chi connectivity index (χ0) is 34.7. The number of carboxylic acids is 2. The third kappa shape index (κ3) is 8.63. The van der Waals surface area contributed by atoms with Gasteiger partial charge in [0, 0.05) is 28.8 Å². The lowest BCUT2D eigenvalue weighted by Gasteiger charge is -2.49. The van der Waals surface area contributed by atoms with E-state index in [-0.39, 0.29) is 29.6 Å². The Labute approximate surface area is 278 Å². The predicted molar refractivity (Wildman–Crippen MR) is 170 cm³/mol. The molecule has 1 fully saturated rings. The fourth-order valence-corrected chi connectivity index (χ4v) is 6.70. The Morgan fingerprint density at radius 1 is 1.21 bits per heavy atom. The highest BCUT2D eigenvalue weighted by Gasteiger charge is 2.55. The van der Waals surface area contributed by atoms with Crippen molar-refractivity contribution in [2.24, 2.45) is 5.16 Å². The van der Waals surface area contributed by atoms with Gasteiger partial charge in [-0.05, 0) is 13.8 Å². The van der Waals surface area contributed by atoms with Gasteiger partial charge in [0.05, 0.1) is 27.6 Å². The molecule has 5 N–H and O–H groups in total. The molecule has 4 heterocycles. The average Bonchev–Trinajstić information content (AvgIpc) is 3.40. The third-order valence-electron chi connectivity index (χ3n) is 6.95. The number of oxime groups is 1. The number of esters is 1. The van der Waals surface area contributed by atoms with Crippen LogP contribution in [0.2, 0.25) is 0 Å². The molecule has 4 rings (SSSR count). The molecule has 0 bridgehead atoms. The van der Waals surface area contributed by atoms with E-state index in [0.717, 1.165) is 16.2 Å². The number of ether oxygens (including phenoxy) is 1. The Hall–Kier alpha value is -4.55. The van der Waals surface area contributed by atoms with E-state index < -0.39 is 65.0 Å². The molecule has 1 unspecified atom stereocenters. The number of nitrogens with one attached hydrogen (secondary N) is 1. The lowest BCUT2D eigenvalue weighted by molar-refractivity contribution is -0.873. The zero-order valence-corrected chi connectivity index (χ0v) is 28.0. The van der Waals surface area contributed by atoms with Crippen LogP contribution in [0.5, 0.6) is 0 Å². The lowest BCUT2D eigenvalue weighted by atomic mass is 10.0. The summed E-state index contributed by atoms with van der Waals surface area (Å²) < 4.78 is 7.61. The maximum Gasteiger partial charge on any atom is 0.353 e. The van der Waals surface area contributed by atoms with Crippen molar-refractivity contribution in [3.8, 4) is 0 Å². The van der Waals surface area contributed by atoms with Gasteiger partial charge in [-0.2, -0.15) is 0 Å². The number of carbonyl (C=O) groups is 5. The second-order valence-electron chi connectivity index (χ2n) is 12.4. The number of carbonyl (C=O) groups excluding carboxylic acids is 3. The number of rotatable bonds is 14. The highest BCUT2D eigenvalue weighted by atomic mass is 32.2. The largest absolute Gasteiger partial charge is 0.481 e. The lowest BCUT2D eigenvalue weighted by Crippen LogP contribution is -2.71. The predicted octanol–water partition coefficient (Wildman–Crippen LogP) is 0.0436. The van der Waals surface area contributed by atoms with Crippen LogP contribution in [-0.4, -0.2) is 117 Å². The molecule has 2 aromatic heterocycles. The number of thiazole rings is 1. The topological polar surface area (TPSA) is 215 Å². The van der Waals surface area contributed by atoms with Crippen molar-refractivity contribution in [2.45, 2.75) is 49.9 Å². The highest BCUT2D eigenvalue weighted by Crippen LogP contribution is 2.40. The summed E-state index contributed by atoms with van der Waals surface area (Å²) in [5.74, 6) is -4.50. The number of anilines is 1. The van der Waals surface area contributed by atoms with Crippen molar-refractivity contribution in [1.29, 1.82) is 0 Å². The van der Waals surface area contributed by atoms with Crippen molar-refractivity contribution >= 4 is 63.7 Å². The maximum atomic E-state index is 13.5. The molecule has 3 atom stereocenters. The van der Waals surface area contributed by atoms with Gasteiger partial charge in [-0.15, -0.1) is 23.1 Å². The summed E-state index contributed by atoms with van der Waals surface area (Å²) in [5.41, 5.74) is 4.04. The number of aromatic nitrogens is 2. The average molecular weight is 692 g/mol. The Morgan fingerprint density at radius 3 is 2.47 bits per heavy atom. The number of amides is 2. The Morgan fingerprint density at radius 2 is 1.89 bits per heavy atom. The number of quaternary nitrogens is 1. The number of nitrogens with two attached hydrogens (primary N) is 1. The maximum absolute atomic E-state index is 13.5. The molecule has 0 spiro atoms. The van der Waals surface area contributed by atoms with Crippen LogP contribution in [0.15, 0.2) is 52.4 Å². The van der Waals surface area contributed by atoms with Gasteiger partial charge in [0.1, 0.15) is 29.4 Å².